The van der Waals surface area contributed by atoms with E-state index >= 15 is 0 Å². The summed E-state index contributed by atoms with van der Waals surface area (Å²) in [5.41, 5.74) is 2.34. The van der Waals surface area contributed by atoms with E-state index in [0.717, 1.165) is 11.4 Å². The van der Waals surface area contributed by atoms with Crippen molar-refractivity contribution in [1.82, 2.24) is 15.1 Å². The van der Waals surface area contributed by atoms with E-state index in [1.165, 1.54) is 0 Å². The molecule has 3 N–H and O–H groups in total. The molecule has 2 aromatic rings. The van der Waals surface area contributed by atoms with Gasteiger partial charge in [-0.15, -0.1) is 0 Å². The molecule has 0 saturated carbocycles. The summed E-state index contributed by atoms with van der Waals surface area (Å²) < 4.78 is 1.71. The zero-order valence-corrected chi connectivity index (χ0v) is 11.5. The van der Waals surface area contributed by atoms with Crippen LogP contribution in [-0.4, -0.2) is 33.6 Å². The van der Waals surface area contributed by atoms with Gasteiger partial charge in [0.25, 0.3) is 0 Å². The van der Waals surface area contributed by atoms with Crippen LogP contribution in [-0.2, 0) is 0 Å². The van der Waals surface area contributed by atoms with Crippen LogP contribution in [0.15, 0.2) is 36.5 Å². The van der Waals surface area contributed by atoms with Crippen LogP contribution in [0.25, 0.3) is 5.69 Å². The average Bonchev–Trinajstić information content (AvgIpc) is 2.85. The zero-order chi connectivity index (χ0) is 14.5. The quantitative estimate of drug-likeness (QED) is 0.793. The first-order valence-electron chi connectivity index (χ1n) is 6.40. The van der Waals surface area contributed by atoms with Gasteiger partial charge in [-0.25, -0.2) is 9.48 Å². The molecule has 0 saturated heterocycles. The maximum Gasteiger partial charge on any atom is 0.319 e. The first kappa shape index (κ1) is 14.1. The number of para-hydroxylation sites is 2. The maximum absolute atomic E-state index is 11.8. The van der Waals surface area contributed by atoms with Crippen LogP contribution in [0.3, 0.4) is 0 Å². The third-order valence-electron chi connectivity index (χ3n) is 2.77. The van der Waals surface area contributed by atoms with Crippen molar-refractivity contribution in [2.75, 3.05) is 11.9 Å². The van der Waals surface area contributed by atoms with Crippen LogP contribution in [0.2, 0.25) is 0 Å². The molecule has 1 atom stereocenters. The number of anilines is 1. The maximum atomic E-state index is 11.8. The van der Waals surface area contributed by atoms with Crippen molar-refractivity contribution in [3.8, 4) is 5.69 Å². The molecular weight excluding hydrogens is 256 g/mol. The third-order valence-corrected chi connectivity index (χ3v) is 2.77. The Bertz CT molecular complexity index is 594. The fourth-order valence-electron chi connectivity index (χ4n) is 1.76. The lowest BCUT2D eigenvalue weighted by molar-refractivity contribution is 0.229. The molecule has 1 heterocycles. The van der Waals surface area contributed by atoms with E-state index in [2.05, 4.69) is 15.7 Å². The van der Waals surface area contributed by atoms with E-state index in [9.17, 15) is 4.79 Å². The van der Waals surface area contributed by atoms with Crippen LogP contribution >= 0.6 is 0 Å². The summed E-state index contributed by atoms with van der Waals surface area (Å²) in [5.74, 6) is 0. The third kappa shape index (κ3) is 3.36. The molecule has 1 aromatic carbocycles. The Morgan fingerprint density at radius 3 is 2.80 bits per heavy atom. The van der Waals surface area contributed by atoms with Gasteiger partial charge in [0, 0.05) is 6.20 Å². The van der Waals surface area contributed by atoms with Crippen LogP contribution in [0.4, 0.5) is 10.5 Å². The van der Waals surface area contributed by atoms with Gasteiger partial charge in [-0.05, 0) is 32.0 Å². The number of benzene rings is 1. The van der Waals surface area contributed by atoms with Gasteiger partial charge < -0.3 is 15.7 Å². The second-order valence-corrected chi connectivity index (χ2v) is 4.60. The topological polar surface area (TPSA) is 79.2 Å². The molecule has 0 aliphatic carbocycles. The van der Waals surface area contributed by atoms with Gasteiger partial charge in [-0.3, -0.25) is 0 Å². The molecular formula is C14H18N4O2. The van der Waals surface area contributed by atoms with Gasteiger partial charge >= 0.3 is 6.03 Å². The fourth-order valence-corrected chi connectivity index (χ4v) is 1.76. The Morgan fingerprint density at radius 1 is 1.40 bits per heavy atom. The second-order valence-electron chi connectivity index (χ2n) is 4.60. The highest BCUT2D eigenvalue weighted by molar-refractivity contribution is 5.91. The normalized spacial score (nSPS) is 11.9. The van der Waals surface area contributed by atoms with E-state index in [4.69, 9.17) is 5.11 Å². The second kappa shape index (κ2) is 6.21. The summed E-state index contributed by atoms with van der Waals surface area (Å²) in [7, 11) is 0. The Morgan fingerprint density at radius 2 is 2.15 bits per heavy atom. The number of hydrogen-bond acceptors (Lipinski definition) is 3. The van der Waals surface area contributed by atoms with Crippen molar-refractivity contribution in [1.29, 1.82) is 0 Å². The van der Waals surface area contributed by atoms with Gasteiger partial charge in [0.05, 0.1) is 29.7 Å². The predicted octanol–water partition coefficient (Wildman–Crippen LogP) is 1.68. The number of hydrogen-bond donors (Lipinski definition) is 3. The molecule has 2 rings (SSSR count). The molecule has 6 nitrogen and oxygen atoms in total. The molecule has 0 fully saturated rings. The van der Waals surface area contributed by atoms with E-state index in [0.29, 0.717) is 5.69 Å². The van der Waals surface area contributed by atoms with Crippen molar-refractivity contribution < 1.29 is 9.90 Å². The fraction of sp³-hybridized carbons (Fsp3) is 0.286. The SMILES string of the molecule is Cc1ccn(-c2ccccc2NC(=O)NC(C)CO)n1. The van der Waals surface area contributed by atoms with Crippen molar-refractivity contribution in [3.05, 3.63) is 42.2 Å². The molecule has 6 heteroatoms. The van der Waals surface area contributed by atoms with Crippen molar-refractivity contribution in [3.63, 3.8) is 0 Å². The summed E-state index contributed by atoms with van der Waals surface area (Å²) in [6.45, 7) is 3.53. The number of carbonyl (C=O) groups is 1. The molecule has 106 valence electrons. The highest BCUT2D eigenvalue weighted by Crippen LogP contribution is 2.19. The summed E-state index contributed by atoms with van der Waals surface area (Å²) in [4.78, 5) is 11.8. The molecule has 2 amide bonds. The van der Waals surface area contributed by atoms with E-state index in [-0.39, 0.29) is 18.7 Å². The molecule has 0 bridgehead atoms. The number of aromatic nitrogens is 2. The summed E-state index contributed by atoms with van der Waals surface area (Å²) in [5, 5.41) is 18.7. The van der Waals surface area contributed by atoms with Gasteiger partial charge in [-0.1, -0.05) is 12.1 Å². The lowest BCUT2D eigenvalue weighted by Crippen LogP contribution is -2.38. The Kier molecular flexibility index (Phi) is 4.37. The number of aryl methyl sites for hydroxylation is 1. The molecule has 0 radical (unpaired) electrons. The predicted molar refractivity (Wildman–Crippen MR) is 77.0 cm³/mol. The number of aliphatic hydroxyl groups excluding tert-OH is 1. The first-order valence-corrected chi connectivity index (χ1v) is 6.40. The summed E-state index contributed by atoms with van der Waals surface area (Å²) >= 11 is 0. The standard InChI is InChI=1S/C14H18N4O2/c1-10-7-8-18(17-10)13-6-4-3-5-12(13)16-14(20)15-11(2)9-19/h3-8,11,19H,9H2,1-2H3,(H2,15,16,20). The van der Waals surface area contributed by atoms with Crippen LogP contribution in [0.5, 0.6) is 0 Å². The molecule has 1 aromatic heterocycles. The minimum atomic E-state index is -0.358. The van der Waals surface area contributed by atoms with Crippen molar-refractivity contribution in [2.24, 2.45) is 0 Å². The number of nitrogens with zero attached hydrogens (tertiary/aromatic N) is 2. The molecule has 1 unspecified atom stereocenters. The van der Waals surface area contributed by atoms with E-state index < -0.39 is 0 Å². The lowest BCUT2D eigenvalue weighted by Gasteiger charge is -2.14. The van der Waals surface area contributed by atoms with Gasteiger partial charge in [0.1, 0.15) is 0 Å². The highest BCUT2D eigenvalue weighted by Gasteiger charge is 2.10. The number of carbonyl (C=O) groups excluding carboxylic acids is 1. The highest BCUT2D eigenvalue weighted by atomic mass is 16.3. The number of aliphatic hydroxyl groups is 1. The van der Waals surface area contributed by atoms with Gasteiger partial charge in [0.2, 0.25) is 0 Å². The Hall–Kier alpha value is -2.34. The number of rotatable bonds is 4. The molecule has 0 aliphatic heterocycles. The van der Waals surface area contributed by atoms with Crippen LogP contribution in [0.1, 0.15) is 12.6 Å². The smallest absolute Gasteiger partial charge is 0.319 e. The van der Waals surface area contributed by atoms with Crippen molar-refractivity contribution in [2.45, 2.75) is 19.9 Å². The molecule has 0 aliphatic rings. The number of amides is 2. The zero-order valence-electron chi connectivity index (χ0n) is 11.5. The Balaban J connectivity index is 2.18. The van der Waals surface area contributed by atoms with E-state index in [1.54, 1.807) is 17.7 Å². The van der Waals surface area contributed by atoms with Crippen LogP contribution < -0.4 is 10.6 Å². The number of nitrogens with one attached hydrogen (secondary N) is 2. The first-order chi connectivity index (χ1) is 9.60. The van der Waals surface area contributed by atoms with Crippen molar-refractivity contribution >= 4 is 11.7 Å². The number of urea groups is 1. The van der Waals surface area contributed by atoms with Gasteiger partial charge in [-0.2, -0.15) is 5.10 Å². The van der Waals surface area contributed by atoms with Gasteiger partial charge in [0.15, 0.2) is 0 Å². The lowest BCUT2D eigenvalue weighted by atomic mass is 10.2. The largest absolute Gasteiger partial charge is 0.394 e. The van der Waals surface area contributed by atoms with E-state index in [1.807, 2.05) is 37.4 Å². The van der Waals surface area contributed by atoms with Crippen LogP contribution in [0, 0.1) is 6.92 Å². The average molecular weight is 274 g/mol. The minimum Gasteiger partial charge on any atom is -0.394 e. The molecule has 20 heavy (non-hydrogen) atoms. The minimum absolute atomic E-state index is 0.104. The summed E-state index contributed by atoms with van der Waals surface area (Å²) in [6.07, 6.45) is 1.84. The Labute approximate surface area is 117 Å². The molecule has 0 spiro atoms. The monoisotopic (exact) mass is 274 g/mol. The summed E-state index contributed by atoms with van der Waals surface area (Å²) in [6, 6.07) is 8.63.